The van der Waals surface area contributed by atoms with Gasteiger partial charge in [-0.25, -0.2) is 0 Å². The number of nitrogens with zero attached hydrogens (tertiary/aromatic N) is 2. The summed E-state index contributed by atoms with van der Waals surface area (Å²) in [5.41, 5.74) is 22.8. The molecule has 60 heavy (non-hydrogen) atoms. The highest BCUT2D eigenvalue weighted by atomic mass is 16.4. The summed E-state index contributed by atoms with van der Waals surface area (Å²) < 4.78 is 0. The number of carboxylic acids is 2. The molecule has 0 unspecified atom stereocenters. The van der Waals surface area contributed by atoms with Crippen LogP contribution < -0.4 is 49.5 Å². The highest BCUT2D eigenvalue weighted by molar-refractivity contribution is 5.98. The quantitative estimate of drug-likeness (QED) is 0.0263. The normalized spacial score (nSPS) is 16.9. The molecule has 0 spiro atoms. The van der Waals surface area contributed by atoms with Crippen molar-refractivity contribution in [1.29, 1.82) is 0 Å². The first kappa shape index (κ1) is 49.6. The number of aliphatic imine (C=N–C) groups is 1. The SMILES string of the molecule is C[C@H](NC(=O)[C@H](CCC(=O)O)NC(=O)[C@H](CC(N)=O)NC(=O)[C@@H]1CCCN1C(=O)[C@@H](NC(=O)[C@H](CCCN=C(N)N)NC(=O)[C@@H](N)Cc1ccc(O)cc1)[C@@H](C)O)C(=O)O. The highest BCUT2D eigenvalue weighted by Crippen LogP contribution is 2.20. The maximum Gasteiger partial charge on any atom is 0.325 e. The first-order valence-corrected chi connectivity index (χ1v) is 18.9. The number of amides is 7. The summed E-state index contributed by atoms with van der Waals surface area (Å²) in [5.74, 6) is -9.78. The zero-order valence-corrected chi connectivity index (χ0v) is 33.2. The molecule has 332 valence electrons. The zero-order chi connectivity index (χ0) is 45.3. The fourth-order valence-corrected chi connectivity index (χ4v) is 6.02. The van der Waals surface area contributed by atoms with Gasteiger partial charge in [0.1, 0.15) is 42.0 Å². The monoisotopic (exact) mass is 849 g/mol. The molecule has 0 saturated carbocycles. The van der Waals surface area contributed by atoms with Crippen LogP contribution in [0.2, 0.25) is 0 Å². The third-order valence-corrected chi connectivity index (χ3v) is 9.24. The van der Waals surface area contributed by atoms with Crippen molar-refractivity contribution in [2.75, 3.05) is 13.1 Å². The summed E-state index contributed by atoms with van der Waals surface area (Å²) in [6.07, 6.45) is -3.04. The maximum absolute atomic E-state index is 13.9. The molecule has 1 aliphatic heterocycles. The van der Waals surface area contributed by atoms with E-state index in [1.165, 1.54) is 19.1 Å². The van der Waals surface area contributed by atoms with Crippen LogP contribution in [0.3, 0.4) is 0 Å². The van der Waals surface area contributed by atoms with Crippen LogP contribution in [0, 0.1) is 0 Å². The molecule has 1 saturated heterocycles. The average molecular weight is 850 g/mol. The number of nitrogens with two attached hydrogens (primary N) is 4. The minimum absolute atomic E-state index is 0.00575. The van der Waals surface area contributed by atoms with E-state index in [4.69, 9.17) is 33.1 Å². The predicted octanol–water partition coefficient (Wildman–Crippen LogP) is -5.04. The van der Waals surface area contributed by atoms with Crippen LogP contribution in [0.25, 0.3) is 0 Å². The Morgan fingerprint density at radius 2 is 1.40 bits per heavy atom. The van der Waals surface area contributed by atoms with Crippen molar-refractivity contribution in [3.63, 3.8) is 0 Å². The Hall–Kier alpha value is -6.56. The van der Waals surface area contributed by atoms with E-state index in [0.717, 1.165) is 11.8 Å². The number of primary amides is 1. The molecule has 24 nitrogen and oxygen atoms in total. The summed E-state index contributed by atoms with van der Waals surface area (Å²) in [7, 11) is 0. The van der Waals surface area contributed by atoms with Gasteiger partial charge in [-0.1, -0.05) is 12.1 Å². The number of aromatic hydroxyl groups is 1. The van der Waals surface area contributed by atoms with Crippen molar-refractivity contribution >= 4 is 59.2 Å². The fraction of sp³-hybridized carbons (Fsp3) is 0.556. The molecule has 1 fully saturated rings. The van der Waals surface area contributed by atoms with E-state index >= 15 is 0 Å². The van der Waals surface area contributed by atoms with Crippen LogP contribution in [0.1, 0.15) is 64.4 Å². The van der Waals surface area contributed by atoms with Crippen LogP contribution in [0.5, 0.6) is 5.75 Å². The van der Waals surface area contributed by atoms with E-state index in [1.807, 2.05) is 0 Å². The van der Waals surface area contributed by atoms with E-state index in [1.54, 1.807) is 12.1 Å². The topological polar surface area (TPSA) is 414 Å². The van der Waals surface area contributed by atoms with Gasteiger partial charge in [-0.3, -0.25) is 48.1 Å². The van der Waals surface area contributed by atoms with Gasteiger partial charge in [-0.05, 0) is 70.1 Å². The maximum atomic E-state index is 13.9. The molecule has 1 heterocycles. The van der Waals surface area contributed by atoms with E-state index in [-0.39, 0.29) is 56.9 Å². The Kier molecular flexibility index (Phi) is 19.6. The Balaban J connectivity index is 2.27. The number of benzene rings is 1. The van der Waals surface area contributed by atoms with Crippen LogP contribution in [-0.2, 0) is 49.6 Å². The zero-order valence-electron chi connectivity index (χ0n) is 33.2. The van der Waals surface area contributed by atoms with E-state index < -0.39 is 121 Å². The van der Waals surface area contributed by atoms with Gasteiger partial charge >= 0.3 is 11.9 Å². The van der Waals surface area contributed by atoms with E-state index in [9.17, 15) is 53.4 Å². The molecule has 0 bridgehead atoms. The minimum atomic E-state index is -1.75. The number of aliphatic carboxylic acids is 2. The number of aliphatic hydroxyl groups is 1. The molecule has 0 radical (unpaired) electrons. The number of carboxylic acid groups (broad SMARTS) is 2. The van der Waals surface area contributed by atoms with Gasteiger partial charge in [-0.15, -0.1) is 0 Å². The number of hydrogen-bond acceptors (Lipinski definition) is 13. The summed E-state index contributed by atoms with van der Waals surface area (Å²) in [6, 6.07) is -4.27. The number of phenols is 1. The summed E-state index contributed by atoms with van der Waals surface area (Å²) in [4.78, 5) is 120. The fourth-order valence-electron chi connectivity index (χ4n) is 6.02. The lowest BCUT2D eigenvalue weighted by atomic mass is 10.0. The third-order valence-electron chi connectivity index (χ3n) is 9.24. The standard InChI is InChI=1S/C36H55N11O13/c1-17(35(59)60)42-30(54)23(11-12-27(51)52)44-32(56)24(16-26(38)50)45-33(57)25-6-4-14-47(25)34(58)28(18(2)48)46-31(55)22(5-3-13-41-36(39)40)43-29(53)21(37)15-19-7-9-20(49)10-8-19/h7-10,17-18,21-25,28,48-49H,3-6,11-16,37H2,1-2H3,(H2,38,50)(H,42,54)(H,43,53)(H,44,56)(H,45,57)(H,46,55)(H,51,52)(H,59,60)(H4,39,40,41)/t17-,18+,21-,22-,23-,24-,25-,28-/m0/s1. The Labute approximate surface area is 344 Å². The van der Waals surface area contributed by atoms with Gasteiger partial charge in [0, 0.05) is 19.5 Å². The number of carbonyl (C=O) groups is 9. The van der Waals surface area contributed by atoms with E-state index in [2.05, 4.69) is 31.6 Å². The number of phenolic OH excluding ortho intramolecular Hbond substituents is 1. The van der Waals surface area contributed by atoms with Gasteiger partial charge in [-0.2, -0.15) is 0 Å². The van der Waals surface area contributed by atoms with Gasteiger partial charge in [0.2, 0.25) is 41.4 Å². The first-order valence-electron chi connectivity index (χ1n) is 18.9. The first-order chi connectivity index (χ1) is 28.1. The Morgan fingerprint density at radius 1 is 0.817 bits per heavy atom. The number of carbonyl (C=O) groups excluding carboxylic acids is 7. The molecular weight excluding hydrogens is 794 g/mol. The molecule has 1 aromatic carbocycles. The highest BCUT2D eigenvalue weighted by Gasteiger charge is 2.41. The van der Waals surface area contributed by atoms with Crippen molar-refractivity contribution < 1.29 is 63.6 Å². The van der Waals surface area contributed by atoms with Crippen molar-refractivity contribution in [3.8, 4) is 5.75 Å². The van der Waals surface area contributed by atoms with Crippen molar-refractivity contribution in [2.45, 2.75) is 114 Å². The number of nitrogens with one attached hydrogen (secondary N) is 5. The second kappa shape index (κ2) is 23.7. The lowest BCUT2D eigenvalue weighted by Crippen LogP contribution is -2.61. The largest absolute Gasteiger partial charge is 0.508 e. The van der Waals surface area contributed by atoms with Crippen molar-refractivity contribution in [3.05, 3.63) is 29.8 Å². The van der Waals surface area contributed by atoms with Crippen LogP contribution in [-0.4, -0.2) is 146 Å². The Morgan fingerprint density at radius 3 is 1.97 bits per heavy atom. The van der Waals surface area contributed by atoms with Crippen molar-refractivity contribution in [2.24, 2.45) is 27.9 Å². The van der Waals surface area contributed by atoms with Gasteiger partial charge in [0.25, 0.3) is 0 Å². The smallest absolute Gasteiger partial charge is 0.325 e. The third kappa shape index (κ3) is 16.4. The number of aliphatic hydroxyl groups excluding tert-OH is 1. The second-order valence-electron chi connectivity index (χ2n) is 14.2. The average Bonchev–Trinajstić information content (AvgIpc) is 3.66. The number of hydrogen-bond donors (Lipinski definition) is 13. The molecule has 17 N–H and O–H groups in total. The molecule has 8 atom stereocenters. The molecule has 1 aromatic rings. The minimum Gasteiger partial charge on any atom is -0.508 e. The van der Waals surface area contributed by atoms with Crippen LogP contribution in [0.4, 0.5) is 0 Å². The number of guanidine groups is 1. The van der Waals surface area contributed by atoms with Crippen molar-refractivity contribution in [1.82, 2.24) is 31.5 Å². The summed E-state index contributed by atoms with van der Waals surface area (Å²) >= 11 is 0. The summed E-state index contributed by atoms with van der Waals surface area (Å²) in [6.45, 7) is 2.35. The second-order valence-corrected chi connectivity index (χ2v) is 14.2. The van der Waals surface area contributed by atoms with E-state index in [0.29, 0.717) is 5.56 Å². The lowest BCUT2D eigenvalue weighted by Gasteiger charge is -2.32. The van der Waals surface area contributed by atoms with Crippen LogP contribution in [0.15, 0.2) is 29.3 Å². The predicted molar refractivity (Wildman–Crippen MR) is 210 cm³/mol. The van der Waals surface area contributed by atoms with Crippen LogP contribution >= 0.6 is 0 Å². The number of rotatable bonds is 24. The van der Waals surface area contributed by atoms with Gasteiger partial charge in [0.15, 0.2) is 5.96 Å². The lowest BCUT2D eigenvalue weighted by molar-refractivity contribution is -0.145. The number of likely N-dealkylation sites (tertiary alicyclic amines) is 1. The van der Waals surface area contributed by atoms with Gasteiger partial charge in [0.05, 0.1) is 18.6 Å². The molecular formula is C36H55N11O13. The molecule has 0 aromatic heterocycles. The molecule has 0 aliphatic carbocycles. The summed E-state index contributed by atoms with van der Waals surface area (Å²) in [5, 5.41) is 50.2. The Bertz CT molecular complexity index is 1750. The molecule has 7 amide bonds. The van der Waals surface area contributed by atoms with Gasteiger partial charge < -0.3 is 74.8 Å². The molecule has 2 rings (SSSR count). The molecule has 24 heteroatoms. The molecule has 1 aliphatic rings.